The van der Waals surface area contributed by atoms with E-state index in [4.69, 9.17) is 23.4 Å². The fourth-order valence-corrected chi connectivity index (χ4v) is 4.83. The van der Waals surface area contributed by atoms with E-state index in [0.717, 1.165) is 25.7 Å². The Bertz CT molecular complexity index is 1290. The number of rotatable bonds is 10. The molecule has 3 aromatic rings. The lowest BCUT2D eigenvalue weighted by Gasteiger charge is -2.32. The molecule has 39 heavy (non-hydrogen) atoms. The van der Waals surface area contributed by atoms with Gasteiger partial charge in [0.2, 0.25) is 11.7 Å². The second-order valence-electron chi connectivity index (χ2n) is 9.05. The summed E-state index contributed by atoms with van der Waals surface area (Å²) in [6.07, 6.45) is 5.09. The van der Waals surface area contributed by atoms with E-state index in [9.17, 15) is 14.4 Å². The minimum absolute atomic E-state index is 0.0181. The third-order valence-corrected chi connectivity index (χ3v) is 6.71. The van der Waals surface area contributed by atoms with Crippen LogP contribution in [-0.2, 0) is 9.53 Å². The molecule has 1 aromatic heterocycles. The molecule has 206 valence electrons. The second kappa shape index (κ2) is 12.4. The van der Waals surface area contributed by atoms with Gasteiger partial charge < -0.3 is 28.7 Å². The van der Waals surface area contributed by atoms with Crippen molar-refractivity contribution in [1.82, 2.24) is 5.32 Å². The number of benzene rings is 2. The van der Waals surface area contributed by atoms with Gasteiger partial charge in [0, 0.05) is 11.7 Å². The molecule has 1 aliphatic rings. The topological polar surface area (TPSA) is 117 Å². The number of hydrogen-bond acceptors (Lipinski definition) is 8. The minimum Gasteiger partial charge on any atom is -0.493 e. The number of esters is 1. The summed E-state index contributed by atoms with van der Waals surface area (Å²) >= 11 is 0. The first kappa shape index (κ1) is 27.6. The highest BCUT2D eigenvalue weighted by molar-refractivity contribution is 6.09. The van der Waals surface area contributed by atoms with Gasteiger partial charge in [-0.05, 0) is 60.9 Å². The second-order valence-corrected chi connectivity index (χ2v) is 9.05. The number of anilines is 1. The predicted molar refractivity (Wildman–Crippen MR) is 143 cm³/mol. The van der Waals surface area contributed by atoms with Crippen LogP contribution in [0.1, 0.15) is 58.2 Å². The van der Waals surface area contributed by atoms with Crippen LogP contribution in [0, 0.1) is 0 Å². The Labute approximate surface area is 226 Å². The maximum absolute atomic E-state index is 14.1. The Morgan fingerprint density at radius 2 is 1.62 bits per heavy atom. The van der Waals surface area contributed by atoms with Crippen molar-refractivity contribution in [3.63, 3.8) is 0 Å². The van der Waals surface area contributed by atoms with E-state index in [1.807, 2.05) is 0 Å². The molecule has 2 amide bonds. The Kier molecular flexibility index (Phi) is 8.75. The number of hydrogen-bond donors (Lipinski definition) is 1. The Morgan fingerprint density at radius 1 is 0.923 bits per heavy atom. The summed E-state index contributed by atoms with van der Waals surface area (Å²) in [5, 5.41) is 3.11. The molecule has 1 atom stereocenters. The van der Waals surface area contributed by atoms with Gasteiger partial charge in [0.15, 0.2) is 17.3 Å². The van der Waals surface area contributed by atoms with Crippen molar-refractivity contribution < 1.29 is 37.7 Å². The number of carbonyl (C=O) groups is 3. The lowest BCUT2D eigenvalue weighted by atomic mass is 10.00. The molecule has 1 N–H and O–H groups in total. The van der Waals surface area contributed by atoms with Crippen LogP contribution in [0.4, 0.5) is 5.69 Å². The highest BCUT2D eigenvalue weighted by Crippen LogP contribution is 2.42. The molecule has 1 saturated carbocycles. The third kappa shape index (κ3) is 5.84. The molecule has 10 nitrogen and oxygen atoms in total. The van der Waals surface area contributed by atoms with Crippen molar-refractivity contribution >= 4 is 23.5 Å². The molecule has 1 aliphatic carbocycles. The summed E-state index contributed by atoms with van der Waals surface area (Å²) < 4.78 is 26.9. The van der Waals surface area contributed by atoms with Crippen LogP contribution < -0.4 is 24.4 Å². The minimum atomic E-state index is -1.19. The summed E-state index contributed by atoms with van der Waals surface area (Å²) in [4.78, 5) is 41.7. The Morgan fingerprint density at radius 3 is 2.18 bits per heavy atom. The average molecular weight is 537 g/mol. The standard InChI is InChI=1S/C29H32N2O8/c1-35-23-16-19(17-24(36-2)26(23)37-3)25(27(32)30-20-10-5-6-11-20)31(28(33)22-13-8-14-39-22)21-12-7-9-18(15-21)29(34)38-4/h7-9,12-17,20,25H,5-6,10-11H2,1-4H3,(H,30,32). The molecule has 0 spiro atoms. The van der Waals surface area contributed by atoms with Gasteiger partial charge in [0.25, 0.3) is 5.91 Å². The maximum atomic E-state index is 14.1. The third-order valence-electron chi connectivity index (χ3n) is 6.71. The van der Waals surface area contributed by atoms with Gasteiger partial charge in [-0.3, -0.25) is 14.5 Å². The van der Waals surface area contributed by atoms with Crippen LogP contribution in [0.5, 0.6) is 17.2 Å². The summed E-state index contributed by atoms with van der Waals surface area (Å²) in [6, 6.07) is 11.5. The maximum Gasteiger partial charge on any atom is 0.337 e. The van der Waals surface area contributed by atoms with E-state index in [0.29, 0.717) is 28.5 Å². The fraction of sp³-hybridized carbons (Fsp3) is 0.345. The zero-order valence-corrected chi connectivity index (χ0v) is 22.4. The van der Waals surface area contributed by atoms with Crippen LogP contribution in [-0.4, -0.2) is 52.3 Å². The Hall–Kier alpha value is -4.47. The molecule has 0 saturated heterocycles. The first-order valence-electron chi connectivity index (χ1n) is 12.6. The lowest BCUT2D eigenvalue weighted by Crippen LogP contribution is -2.46. The highest BCUT2D eigenvalue weighted by Gasteiger charge is 2.37. The first-order chi connectivity index (χ1) is 18.9. The smallest absolute Gasteiger partial charge is 0.337 e. The van der Waals surface area contributed by atoms with Crippen LogP contribution in [0.2, 0.25) is 0 Å². The van der Waals surface area contributed by atoms with Crippen LogP contribution in [0.25, 0.3) is 0 Å². The number of furan rings is 1. The number of amides is 2. The van der Waals surface area contributed by atoms with Gasteiger partial charge in [-0.25, -0.2) is 4.79 Å². The molecule has 0 radical (unpaired) electrons. The van der Waals surface area contributed by atoms with Crippen LogP contribution >= 0.6 is 0 Å². The molecular formula is C29H32N2O8. The van der Waals surface area contributed by atoms with Gasteiger partial charge in [0.1, 0.15) is 6.04 Å². The van der Waals surface area contributed by atoms with E-state index in [2.05, 4.69) is 5.32 Å². The predicted octanol–water partition coefficient (Wildman–Crippen LogP) is 4.54. The van der Waals surface area contributed by atoms with E-state index in [1.54, 1.807) is 36.4 Å². The number of methoxy groups -OCH3 is 4. The molecule has 0 aliphatic heterocycles. The van der Waals surface area contributed by atoms with E-state index in [-0.39, 0.29) is 17.4 Å². The molecule has 1 fully saturated rings. The number of nitrogens with zero attached hydrogens (tertiary/aromatic N) is 1. The fourth-order valence-electron chi connectivity index (χ4n) is 4.83. The van der Waals surface area contributed by atoms with Gasteiger partial charge >= 0.3 is 5.97 Å². The summed E-state index contributed by atoms with van der Waals surface area (Å²) in [5.74, 6) is -0.567. The Balaban J connectivity index is 1.93. The number of nitrogens with one attached hydrogen (secondary N) is 1. The van der Waals surface area contributed by atoms with E-state index < -0.39 is 23.8 Å². The molecule has 0 bridgehead atoms. The SMILES string of the molecule is COC(=O)c1cccc(N(C(=O)c2ccco2)C(C(=O)NC2CCCC2)c2cc(OC)c(OC)c(OC)c2)c1. The van der Waals surface area contributed by atoms with Gasteiger partial charge in [-0.1, -0.05) is 18.9 Å². The van der Waals surface area contributed by atoms with Crippen molar-refractivity contribution in [2.45, 2.75) is 37.8 Å². The largest absolute Gasteiger partial charge is 0.493 e. The summed E-state index contributed by atoms with van der Waals surface area (Å²) in [6.45, 7) is 0. The number of carbonyl (C=O) groups excluding carboxylic acids is 3. The summed E-state index contributed by atoms with van der Waals surface area (Å²) in [7, 11) is 5.70. The van der Waals surface area contributed by atoms with Crippen LogP contribution in [0.3, 0.4) is 0 Å². The van der Waals surface area contributed by atoms with Crippen molar-refractivity contribution in [2.24, 2.45) is 0 Å². The van der Waals surface area contributed by atoms with E-state index in [1.165, 1.54) is 51.7 Å². The monoisotopic (exact) mass is 536 g/mol. The summed E-state index contributed by atoms with van der Waals surface area (Å²) in [5.41, 5.74) is 0.912. The van der Waals surface area contributed by atoms with Crippen molar-refractivity contribution in [3.05, 3.63) is 71.7 Å². The first-order valence-corrected chi connectivity index (χ1v) is 12.6. The molecular weight excluding hydrogens is 504 g/mol. The molecule has 1 unspecified atom stereocenters. The number of ether oxygens (including phenoxy) is 4. The van der Waals surface area contributed by atoms with Crippen molar-refractivity contribution in [1.29, 1.82) is 0 Å². The molecule has 2 aromatic carbocycles. The van der Waals surface area contributed by atoms with Gasteiger partial charge in [-0.15, -0.1) is 0 Å². The molecule has 10 heteroatoms. The normalized spacial score (nSPS) is 13.8. The van der Waals surface area contributed by atoms with Crippen molar-refractivity contribution in [3.8, 4) is 17.2 Å². The quantitative estimate of drug-likeness (QED) is 0.376. The zero-order chi connectivity index (χ0) is 27.9. The zero-order valence-electron chi connectivity index (χ0n) is 22.4. The van der Waals surface area contributed by atoms with Gasteiger partial charge in [0.05, 0.1) is 40.3 Å². The van der Waals surface area contributed by atoms with Gasteiger partial charge in [-0.2, -0.15) is 0 Å². The van der Waals surface area contributed by atoms with Crippen LogP contribution in [0.15, 0.2) is 59.2 Å². The molecule has 1 heterocycles. The highest BCUT2D eigenvalue weighted by atomic mass is 16.5. The van der Waals surface area contributed by atoms with Crippen molar-refractivity contribution in [2.75, 3.05) is 33.3 Å². The lowest BCUT2D eigenvalue weighted by molar-refractivity contribution is -0.123. The average Bonchev–Trinajstić information content (AvgIpc) is 3.69. The molecule has 4 rings (SSSR count). The van der Waals surface area contributed by atoms with E-state index >= 15 is 0 Å².